The number of hydrogen-bond acceptors (Lipinski definition) is 4. The number of anilines is 3. The number of furan rings is 1. The van der Waals surface area contributed by atoms with Gasteiger partial charge >= 0.3 is 0 Å². The van der Waals surface area contributed by atoms with Crippen molar-refractivity contribution >= 4 is 39.0 Å². The fraction of sp³-hybridized carbons (Fsp3) is 0.0182. The Kier molecular flexibility index (Phi) is 6.62. The zero-order chi connectivity index (χ0) is 38.7. The zero-order valence-electron chi connectivity index (χ0n) is 31.7. The third kappa shape index (κ3) is 4.37. The second kappa shape index (κ2) is 12.1. The van der Waals surface area contributed by atoms with Crippen molar-refractivity contribution in [2.75, 3.05) is 4.90 Å². The van der Waals surface area contributed by atoms with Crippen LogP contribution in [0.5, 0.6) is 23.0 Å². The van der Waals surface area contributed by atoms with E-state index < -0.39 is 5.41 Å². The smallest absolute Gasteiger partial charge is 0.178 e. The first kappa shape index (κ1) is 32.3. The second-order valence-electron chi connectivity index (χ2n) is 15.5. The summed E-state index contributed by atoms with van der Waals surface area (Å²) in [5.41, 5.74) is 16.2. The molecular formula is C55H33NO3. The van der Waals surface area contributed by atoms with Crippen LogP contribution in [0.15, 0.2) is 205 Å². The van der Waals surface area contributed by atoms with Crippen LogP contribution in [-0.4, -0.2) is 0 Å². The molecule has 1 spiro atoms. The van der Waals surface area contributed by atoms with Crippen molar-refractivity contribution in [1.82, 2.24) is 0 Å². The van der Waals surface area contributed by atoms with E-state index in [2.05, 4.69) is 187 Å². The molecule has 1 aromatic heterocycles. The minimum absolute atomic E-state index is 0.467. The van der Waals surface area contributed by atoms with Gasteiger partial charge in [-0.05, 0) is 93.5 Å². The summed E-state index contributed by atoms with van der Waals surface area (Å²) in [5, 5.41) is 2.16. The number of hydrogen-bond donors (Lipinski definition) is 0. The standard InChI is InChI=1S/C55H33NO3/c1-2-15-34(16-3-1)56(35-29-31-49-42(33-35)39-20-8-13-27-48(39)57-49)47-26-12-7-19-38(47)40-22-14-28-50-53(40)58-51-32-30-46-52(54(51)59-50)41-21-6-11-25-45(41)55(46)43-23-9-4-17-36(43)37-18-5-10-24-44(37)55/h1-33H. The van der Waals surface area contributed by atoms with Crippen molar-refractivity contribution in [3.63, 3.8) is 0 Å². The molecule has 0 bridgehead atoms. The van der Waals surface area contributed by atoms with E-state index in [-0.39, 0.29) is 0 Å². The highest BCUT2D eigenvalue weighted by atomic mass is 16.6. The molecular weight excluding hydrogens is 723 g/mol. The third-order valence-electron chi connectivity index (χ3n) is 12.5. The number of para-hydroxylation sites is 4. The Balaban J connectivity index is 0.974. The predicted molar refractivity (Wildman–Crippen MR) is 237 cm³/mol. The van der Waals surface area contributed by atoms with Crippen LogP contribution in [0.2, 0.25) is 0 Å². The average molecular weight is 756 g/mol. The Labute approximate surface area is 340 Å². The van der Waals surface area contributed by atoms with Crippen molar-refractivity contribution < 1.29 is 13.9 Å². The number of ether oxygens (including phenoxy) is 2. The molecule has 13 rings (SSSR count). The van der Waals surface area contributed by atoms with Gasteiger partial charge in [-0.15, -0.1) is 0 Å². The molecule has 0 radical (unpaired) electrons. The molecule has 0 N–H and O–H groups in total. The minimum Gasteiger partial charge on any atom is -0.456 e. The van der Waals surface area contributed by atoms with E-state index in [4.69, 9.17) is 13.9 Å². The molecule has 0 saturated heterocycles. The average Bonchev–Trinajstić information content (AvgIpc) is 3.93. The fourth-order valence-corrected chi connectivity index (χ4v) is 10.2. The van der Waals surface area contributed by atoms with E-state index in [1.807, 2.05) is 18.2 Å². The maximum Gasteiger partial charge on any atom is 0.178 e. The Hall–Kier alpha value is -7.82. The van der Waals surface area contributed by atoms with Crippen LogP contribution in [0.1, 0.15) is 22.3 Å². The van der Waals surface area contributed by atoms with Gasteiger partial charge in [0, 0.05) is 38.8 Å². The molecule has 2 aliphatic carbocycles. The van der Waals surface area contributed by atoms with Crippen LogP contribution < -0.4 is 14.4 Å². The van der Waals surface area contributed by atoms with Crippen molar-refractivity contribution in [3.05, 3.63) is 222 Å². The van der Waals surface area contributed by atoms with Gasteiger partial charge in [0.15, 0.2) is 23.0 Å². The molecule has 1 aliphatic heterocycles. The van der Waals surface area contributed by atoms with Crippen molar-refractivity contribution in [2.24, 2.45) is 0 Å². The van der Waals surface area contributed by atoms with Gasteiger partial charge in [0.1, 0.15) is 11.2 Å². The van der Waals surface area contributed by atoms with Crippen LogP contribution in [0.25, 0.3) is 55.3 Å². The van der Waals surface area contributed by atoms with Gasteiger partial charge in [-0.1, -0.05) is 146 Å². The van der Waals surface area contributed by atoms with Crippen LogP contribution in [-0.2, 0) is 5.41 Å². The summed E-state index contributed by atoms with van der Waals surface area (Å²) in [6, 6.07) is 70.8. The molecule has 0 unspecified atom stereocenters. The number of rotatable bonds is 4. The predicted octanol–water partition coefficient (Wildman–Crippen LogP) is 15.0. The van der Waals surface area contributed by atoms with E-state index >= 15 is 0 Å². The zero-order valence-corrected chi connectivity index (χ0v) is 31.7. The first-order valence-corrected chi connectivity index (χ1v) is 20.1. The van der Waals surface area contributed by atoms with Gasteiger partial charge in [-0.25, -0.2) is 0 Å². The van der Waals surface area contributed by atoms with Crippen LogP contribution in [0.4, 0.5) is 17.1 Å². The van der Waals surface area contributed by atoms with Gasteiger partial charge in [-0.3, -0.25) is 0 Å². The topological polar surface area (TPSA) is 34.8 Å². The normalized spacial score (nSPS) is 13.5. The summed E-state index contributed by atoms with van der Waals surface area (Å²) >= 11 is 0. The highest BCUT2D eigenvalue weighted by molar-refractivity contribution is 6.07. The molecule has 0 fully saturated rings. The van der Waals surface area contributed by atoms with Crippen molar-refractivity contribution in [2.45, 2.75) is 5.41 Å². The molecule has 4 nitrogen and oxygen atoms in total. The number of benzene rings is 9. The Bertz CT molecular complexity index is 3320. The maximum absolute atomic E-state index is 7.12. The quantitative estimate of drug-likeness (QED) is 0.179. The molecule has 10 aromatic rings. The highest BCUT2D eigenvalue weighted by Gasteiger charge is 2.53. The first-order valence-electron chi connectivity index (χ1n) is 20.1. The third-order valence-corrected chi connectivity index (χ3v) is 12.5. The summed E-state index contributed by atoms with van der Waals surface area (Å²) in [6.07, 6.45) is 0. The first-order chi connectivity index (χ1) is 29.3. The van der Waals surface area contributed by atoms with Crippen molar-refractivity contribution in [1.29, 1.82) is 0 Å². The summed E-state index contributed by atoms with van der Waals surface area (Å²) in [4.78, 5) is 2.31. The monoisotopic (exact) mass is 755 g/mol. The van der Waals surface area contributed by atoms with Crippen LogP contribution >= 0.6 is 0 Å². The van der Waals surface area contributed by atoms with Crippen LogP contribution in [0, 0.1) is 0 Å². The Morgan fingerprint density at radius 2 is 0.949 bits per heavy atom. The molecule has 4 heteroatoms. The number of nitrogens with zero attached hydrogens (tertiary/aromatic N) is 1. The Morgan fingerprint density at radius 1 is 0.356 bits per heavy atom. The molecule has 59 heavy (non-hydrogen) atoms. The highest BCUT2D eigenvalue weighted by Crippen LogP contribution is 2.66. The molecule has 276 valence electrons. The van der Waals surface area contributed by atoms with E-state index in [9.17, 15) is 0 Å². The molecule has 0 atom stereocenters. The largest absolute Gasteiger partial charge is 0.456 e. The van der Waals surface area contributed by atoms with Gasteiger partial charge < -0.3 is 18.8 Å². The molecule has 0 saturated carbocycles. The van der Waals surface area contributed by atoms with E-state index in [1.54, 1.807) is 0 Å². The number of fused-ring (bicyclic) bond motifs is 16. The maximum atomic E-state index is 7.12. The van der Waals surface area contributed by atoms with Gasteiger partial charge in [0.2, 0.25) is 0 Å². The van der Waals surface area contributed by atoms with Crippen molar-refractivity contribution in [3.8, 4) is 56.4 Å². The lowest BCUT2D eigenvalue weighted by atomic mass is 9.70. The second-order valence-corrected chi connectivity index (χ2v) is 15.5. The summed E-state index contributed by atoms with van der Waals surface area (Å²) < 4.78 is 20.4. The molecule has 9 aromatic carbocycles. The molecule has 0 amide bonds. The molecule has 3 aliphatic rings. The van der Waals surface area contributed by atoms with Gasteiger partial charge in [-0.2, -0.15) is 0 Å². The summed E-state index contributed by atoms with van der Waals surface area (Å²) in [7, 11) is 0. The molecule has 2 heterocycles. The summed E-state index contributed by atoms with van der Waals surface area (Å²) in [6.45, 7) is 0. The van der Waals surface area contributed by atoms with Gasteiger partial charge in [0.25, 0.3) is 0 Å². The van der Waals surface area contributed by atoms with E-state index in [1.165, 1.54) is 38.9 Å². The lowest BCUT2D eigenvalue weighted by molar-refractivity contribution is 0.361. The lowest BCUT2D eigenvalue weighted by Crippen LogP contribution is -2.25. The van der Waals surface area contributed by atoms with Gasteiger partial charge in [0.05, 0.1) is 11.1 Å². The fourth-order valence-electron chi connectivity index (χ4n) is 10.2. The Morgan fingerprint density at radius 3 is 1.75 bits per heavy atom. The van der Waals surface area contributed by atoms with Crippen LogP contribution in [0.3, 0.4) is 0 Å². The van der Waals surface area contributed by atoms with E-state index in [0.717, 1.165) is 61.4 Å². The SMILES string of the molecule is c1ccc(N(c2ccc3oc4ccccc4c3c2)c2ccccc2-c2cccc3c2Oc2ccc4c(c2O3)-c2ccccc2C42c3ccccc3-c3ccccc32)cc1. The summed E-state index contributed by atoms with van der Waals surface area (Å²) in [5.74, 6) is 2.82. The minimum atomic E-state index is -0.467. The lowest BCUT2D eigenvalue weighted by Gasteiger charge is -2.31. The van der Waals surface area contributed by atoms with E-state index in [0.29, 0.717) is 17.2 Å².